The van der Waals surface area contributed by atoms with Crippen molar-refractivity contribution in [2.45, 2.75) is 13.0 Å². The topological polar surface area (TPSA) is 75.2 Å². The smallest absolute Gasteiger partial charge is 0.253 e. The highest BCUT2D eigenvalue weighted by molar-refractivity contribution is 5.97. The number of pyridine rings is 2. The van der Waals surface area contributed by atoms with E-state index in [0.717, 1.165) is 17.7 Å². The molecule has 3 aromatic rings. The van der Waals surface area contributed by atoms with Crippen LogP contribution in [0.1, 0.15) is 32.0 Å². The van der Waals surface area contributed by atoms with Gasteiger partial charge in [0.15, 0.2) is 0 Å². The average Bonchev–Trinajstić information content (AvgIpc) is 2.77. The molecule has 0 radical (unpaired) electrons. The Morgan fingerprint density at radius 1 is 0.929 bits per heavy atom. The molecule has 0 aliphatic carbocycles. The number of carbonyl (C=O) groups is 2. The SMILES string of the molecule is CN(CCc1ccncc1)C(=O)c1ccc(C(=O)NCc2ccccn2)cc1. The number of nitrogens with zero attached hydrogens (tertiary/aromatic N) is 3. The summed E-state index contributed by atoms with van der Waals surface area (Å²) < 4.78 is 0. The van der Waals surface area contributed by atoms with Gasteiger partial charge in [0.2, 0.25) is 0 Å². The molecule has 0 aliphatic heterocycles. The molecule has 6 heteroatoms. The van der Waals surface area contributed by atoms with Gasteiger partial charge < -0.3 is 10.2 Å². The fraction of sp³-hybridized carbons (Fsp3) is 0.182. The van der Waals surface area contributed by atoms with Crippen LogP contribution in [0.4, 0.5) is 0 Å². The number of aromatic nitrogens is 2. The largest absolute Gasteiger partial charge is 0.346 e. The third kappa shape index (κ3) is 5.23. The number of hydrogen-bond acceptors (Lipinski definition) is 4. The van der Waals surface area contributed by atoms with Crippen molar-refractivity contribution in [3.05, 3.63) is 95.6 Å². The number of likely N-dealkylation sites (N-methyl/N-ethyl adjacent to an activating group) is 1. The van der Waals surface area contributed by atoms with Crippen LogP contribution < -0.4 is 5.32 Å². The van der Waals surface area contributed by atoms with Crippen molar-refractivity contribution >= 4 is 11.8 Å². The molecule has 0 spiro atoms. The zero-order chi connectivity index (χ0) is 19.8. The fourth-order valence-electron chi connectivity index (χ4n) is 2.71. The molecule has 0 aliphatic rings. The number of carbonyl (C=O) groups excluding carboxylic acids is 2. The van der Waals surface area contributed by atoms with Crippen LogP contribution in [0.2, 0.25) is 0 Å². The van der Waals surface area contributed by atoms with E-state index in [0.29, 0.717) is 24.2 Å². The molecule has 6 nitrogen and oxygen atoms in total. The minimum atomic E-state index is -0.198. The van der Waals surface area contributed by atoms with E-state index in [2.05, 4.69) is 15.3 Å². The first-order valence-electron chi connectivity index (χ1n) is 9.06. The Balaban J connectivity index is 1.53. The summed E-state index contributed by atoms with van der Waals surface area (Å²) >= 11 is 0. The van der Waals surface area contributed by atoms with Crippen molar-refractivity contribution in [1.29, 1.82) is 0 Å². The fourth-order valence-corrected chi connectivity index (χ4v) is 2.71. The van der Waals surface area contributed by atoms with Crippen molar-refractivity contribution in [2.75, 3.05) is 13.6 Å². The summed E-state index contributed by atoms with van der Waals surface area (Å²) in [6.45, 7) is 0.966. The molecule has 0 saturated carbocycles. The van der Waals surface area contributed by atoms with E-state index in [1.54, 1.807) is 54.8 Å². The predicted octanol–water partition coefficient (Wildman–Crippen LogP) is 2.72. The van der Waals surface area contributed by atoms with Gasteiger partial charge in [-0.15, -0.1) is 0 Å². The molecule has 1 N–H and O–H groups in total. The summed E-state index contributed by atoms with van der Waals surface area (Å²) in [5.74, 6) is -0.273. The van der Waals surface area contributed by atoms with Gasteiger partial charge >= 0.3 is 0 Å². The van der Waals surface area contributed by atoms with Gasteiger partial charge in [0.1, 0.15) is 0 Å². The molecule has 0 unspecified atom stereocenters. The molecule has 0 bridgehead atoms. The molecule has 28 heavy (non-hydrogen) atoms. The molecule has 0 atom stereocenters. The predicted molar refractivity (Wildman–Crippen MR) is 107 cm³/mol. The second-order valence-electron chi connectivity index (χ2n) is 6.41. The van der Waals surface area contributed by atoms with Gasteiger partial charge in [0, 0.05) is 43.3 Å². The van der Waals surface area contributed by atoms with Crippen molar-refractivity contribution < 1.29 is 9.59 Å². The minimum Gasteiger partial charge on any atom is -0.346 e. The van der Waals surface area contributed by atoms with Crippen LogP contribution in [0.5, 0.6) is 0 Å². The number of amides is 2. The minimum absolute atomic E-state index is 0.0745. The summed E-state index contributed by atoms with van der Waals surface area (Å²) in [5.41, 5.74) is 2.98. The second-order valence-corrected chi connectivity index (χ2v) is 6.41. The highest BCUT2D eigenvalue weighted by Gasteiger charge is 2.13. The third-order valence-electron chi connectivity index (χ3n) is 4.38. The molecule has 142 valence electrons. The van der Waals surface area contributed by atoms with Crippen LogP contribution >= 0.6 is 0 Å². The Morgan fingerprint density at radius 2 is 1.64 bits per heavy atom. The second kappa shape index (κ2) is 9.41. The molecule has 2 heterocycles. The summed E-state index contributed by atoms with van der Waals surface area (Å²) in [6.07, 6.45) is 5.94. The van der Waals surface area contributed by atoms with Crippen LogP contribution in [0.3, 0.4) is 0 Å². The van der Waals surface area contributed by atoms with E-state index in [9.17, 15) is 9.59 Å². The van der Waals surface area contributed by atoms with E-state index in [1.165, 1.54) is 0 Å². The van der Waals surface area contributed by atoms with Crippen molar-refractivity contribution in [3.8, 4) is 0 Å². The standard InChI is InChI=1S/C22H22N4O2/c1-26(15-11-17-9-13-23-14-10-17)22(28)19-7-5-18(6-8-19)21(27)25-16-20-4-2-3-12-24-20/h2-10,12-14H,11,15-16H2,1H3,(H,25,27). The van der Waals surface area contributed by atoms with Crippen LogP contribution in [-0.2, 0) is 13.0 Å². The van der Waals surface area contributed by atoms with Gasteiger partial charge in [-0.3, -0.25) is 19.6 Å². The first-order chi connectivity index (χ1) is 13.6. The van der Waals surface area contributed by atoms with Crippen LogP contribution in [0.25, 0.3) is 0 Å². The monoisotopic (exact) mass is 374 g/mol. The van der Waals surface area contributed by atoms with Crippen LogP contribution in [0, 0.1) is 0 Å². The molecule has 2 aromatic heterocycles. The number of benzene rings is 1. The number of hydrogen-bond donors (Lipinski definition) is 1. The number of rotatable bonds is 7. The Bertz CT molecular complexity index is 912. The Hall–Kier alpha value is -3.54. The van der Waals surface area contributed by atoms with Crippen molar-refractivity contribution in [2.24, 2.45) is 0 Å². The Kier molecular flexibility index (Phi) is 6.46. The van der Waals surface area contributed by atoms with Gasteiger partial charge in [-0.05, 0) is 60.5 Å². The van der Waals surface area contributed by atoms with E-state index < -0.39 is 0 Å². The van der Waals surface area contributed by atoms with Crippen molar-refractivity contribution in [1.82, 2.24) is 20.2 Å². The molecular weight excluding hydrogens is 352 g/mol. The summed E-state index contributed by atoms with van der Waals surface area (Å²) in [6, 6.07) is 16.1. The Labute approximate surface area is 164 Å². The first kappa shape index (κ1) is 19.2. The van der Waals surface area contributed by atoms with E-state index in [-0.39, 0.29) is 11.8 Å². The van der Waals surface area contributed by atoms with Gasteiger partial charge in [0.05, 0.1) is 12.2 Å². The summed E-state index contributed by atoms with van der Waals surface area (Å²) in [5, 5.41) is 2.82. The Morgan fingerprint density at radius 3 is 2.32 bits per heavy atom. The van der Waals surface area contributed by atoms with Gasteiger partial charge in [-0.25, -0.2) is 0 Å². The molecule has 2 amide bonds. The highest BCUT2D eigenvalue weighted by atomic mass is 16.2. The van der Waals surface area contributed by atoms with Gasteiger partial charge in [-0.1, -0.05) is 6.07 Å². The summed E-state index contributed by atoms with van der Waals surface area (Å²) in [7, 11) is 1.77. The first-order valence-corrected chi connectivity index (χ1v) is 9.06. The quantitative estimate of drug-likeness (QED) is 0.690. The zero-order valence-corrected chi connectivity index (χ0v) is 15.7. The maximum atomic E-state index is 12.6. The lowest BCUT2D eigenvalue weighted by Gasteiger charge is -2.17. The van der Waals surface area contributed by atoms with Crippen LogP contribution in [0.15, 0.2) is 73.2 Å². The molecular formula is C22H22N4O2. The lowest BCUT2D eigenvalue weighted by Crippen LogP contribution is -2.29. The molecule has 1 aromatic carbocycles. The lowest BCUT2D eigenvalue weighted by molar-refractivity contribution is 0.0795. The maximum absolute atomic E-state index is 12.6. The average molecular weight is 374 g/mol. The van der Waals surface area contributed by atoms with E-state index in [4.69, 9.17) is 0 Å². The van der Waals surface area contributed by atoms with Gasteiger partial charge in [0.25, 0.3) is 11.8 Å². The number of nitrogens with one attached hydrogen (secondary N) is 1. The molecule has 3 rings (SSSR count). The normalized spacial score (nSPS) is 10.3. The van der Waals surface area contributed by atoms with Crippen molar-refractivity contribution in [3.63, 3.8) is 0 Å². The lowest BCUT2D eigenvalue weighted by atomic mass is 10.1. The highest BCUT2D eigenvalue weighted by Crippen LogP contribution is 2.09. The third-order valence-corrected chi connectivity index (χ3v) is 4.38. The summed E-state index contributed by atoms with van der Waals surface area (Å²) in [4.78, 5) is 34.7. The molecule has 0 fully saturated rings. The van der Waals surface area contributed by atoms with E-state index >= 15 is 0 Å². The zero-order valence-electron chi connectivity index (χ0n) is 15.7. The van der Waals surface area contributed by atoms with Crippen LogP contribution in [-0.4, -0.2) is 40.3 Å². The maximum Gasteiger partial charge on any atom is 0.253 e. The van der Waals surface area contributed by atoms with E-state index in [1.807, 2.05) is 30.3 Å². The molecule has 0 saturated heterocycles. The van der Waals surface area contributed by atoms with Gasteiger partial charge in [-0.2, -0.15) is 0 Å².